The van der Waals surface area contributed by atoms with E-state index in [0.717, 1.165) is 10.5 Å². The van der Waals surface area contributed by atoms with Crippen molar-refractivity contribution in [1.82, 2.24) is 5.32 Å². The molecule has 4 heteroatoms. The summed E-state index contributed by atoms with van der Waals surface area (Å²) in [4.78, 5) is 12.9. The average molecular weight is 306 g/mol. The minimum atomic E-state index is 0.0173. The first-order valence-corrected chi connectivity index (χ1v) is 7.74. The second kappa shape index (κ2) is 7.36. The van der Waals surface area contributed by atoms with Crippen molar-refractivity contribution in [2.24, 2.45) is 0 Å². The van der Waals surface area contributed by atoms with Crippen molar-refractivity contribution in [3.63, 3.8) is 0 Å². The molecule has 2 rings (SSSR count). The highest BCUT2D eigenvalue weighted by molar-refractivity contribution is 8.00. The number of nitrogens with one attached hydrogen (secondary N) is 1. The first kappa shape index (κ1) is 14.9. The Labute approximate surface area is 128 Å². The lowest BCUT2D eigenvalue weighted by atomic mass is 10.1. The van der Waals surface area contributed by atoms with Crippen molar-refractivity contribution >= 4 is 29.3 Å². The zero-order valence-electron chi connectivity index (χ0n) is 11.2. The van der Waals surface area contributed by atoms with E-state index in [-0.39, 0.29) is 11.9 Å². The predicted molar refractivity (Wildman–Crippen MR) is 85.2 cm³/mol. The van der Waals surface area contributed by atoms with Gasteiger partial charge in [-0.15, -0.1) is 11.8 Å². The summed E-state index contributed by atoms with van der Waals surface area (Å²) >= 11 is 7.39. The van der Waals surface area contributed by atoms with E-state index >= 15 is 0 Å². The van der Waals surface area contributed by atoms with Gasteiger partial charge in [0, 0.05) is 9.92 Å². The van der Waals surface area contributed by atoms with Crippen molar-refractivity contribution in [2.45, 2.75) is 17.9 Å². The zero-order valence-corrected chi connectivity index (χ0v) is 12.7. The quantitative estimate of drug-likeness (QED) is 0.834. The molecule has 0 aliphatic heterocycles. The lowest BCUT2D eigenvalue weighted by Gasteiger charge is -2.14. The van der Waals surface area contributed by atoms with Crippen LogP contribution in [0, 0.1) is 0 Å². The van der Waals surface area contributed by atoms with Crippen LogP contribution in [0.4, 0.5) is 0 Å². The van der Waals surface area contributed by atoms with E-state index in [4.69, 9.17) is 11.6 Å². The number of hydrogen-bond donors (Lipinski definition) is 1. The summed E-state index contributed by atoms with van der Waals surface area (Å²) in [5, 5.41) is 3.68. The zero-order chi connectivity index (χ0) is 14.4. The van der Waals surface area contributed by atoms with E-state index in [9.17, 15) is 4.79 Å². The average Bonchev–Trinajstić information content (AvgIpc) is 2.46. The molecular formula is C16H16ClNOS. The van der Waals surface area contributed by atoms with Crippen LogP contribution < -0.4 is 5.32 Å². The molecule has 0 heterocycles. The highest BCUT2D eigenvalue weighted by Crippen LogP contribution is 2.21. The van der Waals surface area contributed by atoms with E-state index in [0.29, 0.717) is 10.8 Å². The molecule has 0 bridgehead atoms. The summed E-state index contributed by atoms with van der Waals surface area (Å²) in [7, 11) is 0. The SMILES string of the molecule is CC(NC(=O)CSc1cccc(Cl)c1)c1ccccc1. The smallest absolute Gasteiger partial charge is 0.230 e. The maximum Gasteiger partial charge on any atom is 0.230 e. The topological polar surface area (TPSA) is 29.1 Å². The predicted octanol–water partition coefficient (Wildman–Crippen LogP) is 4.31. The normalized spacial score (nSPS) is 11.9. The van der Waals surface area contributed by atoms with E-state index < -0.39 is 0 Å². The van der Waals surface area contributed by atoms with Crippen LogP contribution in [-0.2, 0) is 4.79 Å². The Morgan fingerprint density at radius 2 is 1.95 bits per heavy atom. The van der Waals surface area contributed by atoms with E-state index in [1.165, 1.54) is 11.8 Å². The van der Waals surface area contributed by atoms with E-state index in [1.54, 1.807) is 0 Å². The summed E-state index contributed by atoms with van der Waals surface area (Å²) in [6, 6.07) is 17.5. The van der Waals surface area contributed by atoms with Crippen LogP contribution in [0.5, 0.6) is 0 Å². The summed E-state index contributed by atoms with van der Waals surface area (Å²) < 4.78 is 0. The monoisotopic (exact) mass is 305 g/mol. The number of rotatable bonds is 5. The molecule has 0 fully saturated rings. The molecule has 1 unspecified atom stereocenters. The number of carbonyl (C=O) groups excluding carboxylic acids is 1. The molecule has 0 spiro atoms. The minimum absolute atomic E-state index is 0.0173. The summed E-state index contributed by atoms with van der Waals surface area (Å²) in [6.07, 6.45) is 0. The first-order valence-electron chi connectivity index (χ1n) is 6.38. The third kappa shape index (κ3) is 4.58. The highest BCUT2D eigenvalue weighted by atomic mass is 35.5. The summed E-state index contributed by atoms with van der Waals surface area (Å²) in [5.41, 5.74) is 1.11. The van der Waals surface area contributed by atoms with Crippen LogP contribution >= 0.6 is 23.4 Å². The van der Waals surface area contributed by atoms with Gasteiger partial charge in [0.15, 0.2) is 0 Å². The third-order valence-electron chi connectivity index (χ3n) is 2.84. The van der Waals surface area contributed by atoms with Crippen molar-refractivity contribution in [3.05, 3.63) is 65.2 Å². The van der Waals surface area contributed by atoms with Crippen molar-refractivity contribution in [2.75, 3.05) is 5.75 Å². The van der Waals surface area contributed by atoms with Crippen LogP contribution in [-0.4, -0.2) is 11.7 Å². The maximum atomic E-state index is 11.9. The van der Waals surface area contributed by atoms with E-state index in [1.807, 2.05) is 61.5 Å². The van der Waals surface area contributed by atoms with Crippen molar-refractivity contribution in [3.8, 4) is 0 Å². The molecule has 1 atom stereocenters. The van der Waals surface area contributed by atoms with Crippen LogP contribution in [0.1, 0.15) is 18.5 Å². The molecule has 2 aromatic carbocycles. The largest absolute Gasteiger partial charge is 0.349 e. The van der Waals surface area contributed by atoms with Gasteiger partial charge >= 0.3 is 0 Å². The maximum absolute atomic E-state index is 11.9. The Bertz CT molecular complexity index is 574. The van der Waals surface area contributed by atoms with Gasteiger partial charge in [-0.25, -0.2) is 0 Å². The lowest BCUT2D eigenvalue weighted by molar-refractivity contribution is -0.119. The van der Waals surface area contributed by atoms with Gasteiger partial charge in [-0.05, 0) is 30.7 Å². The molecule has 2 nitrogen and oxygen atoms in total. The molecule has 0 aliphatic carbocycles. The Kier molecular flexibility index (Phi) is 5.50. The first-order chi connectivity index (χ1) is 9.65. The number of benzene rings is 2. The van der Waals surface area contributed by atoms with Crippen molar-refractivity contribution < 1.29 is 4.79 Å². The Morgan fingerprint density at radius 1 is 1.20 bits per heavy atom. The molecule has 2 aromatic rings. The van der Waals surface area contributed by atoms with Crippen LogP contribution in [0.25, 0.3) is 0 Å². The second-order valence-electron chi connectivity index (χ2n) is 4.45. The van der Waals surface area contributed by atoms with Crippen LogP contribution in [0.3, 0.4) is 0 Å². The highest BCUT2D eigenvalue weighted by Gasteiger charge is 2.09. The number of amides is 1. The minimum Gasteiger partial charge on any atom is -0.349 e. The number of carbonyl (C=O) groups is 1. The molecule has 0 aromatic heterocycles. The van der Waals surface area contributed by atoms with Crippen LogP contribution in [0.15, 0.2) is 59.5 Å². The summed E-state index contributed by atoms with van der Waals surface area (Å²) in [6.45, 7) is 1.98. The molecule has 0 radical (unpaired) electrons. The van der Waals surface area contributed by atoms with Gasteiger partial charge in [-0.1, -0.05) is 48.0 Å². The fourth-order valence-corrected chi connectivity index (χ4v) is 2.84. The Balaban J connectivity index is 1.84. The van der Waals surface area contributed by atoms with Crippen LogP contribution in [0.2, 0.25) is 5.02 Å². The van der Waals surface area contributed by atoms with Gasteiger partial charge in [0.25, 0.3) is 0 Å². The Hall–Kier alpha value is -1.45. The van der Waals surface area contributed by atoms with Gasteiger partial charge < -0.3 is 5.32 Å². The molecule has 0 saturated heterocycles. The van der Waals surface area contributed by atoms with Crippen molar-refractivity contribution in [1.29, 1.82) is 0 Å². The fourth-order valence-electron chi connectivity index (χ4n) is 1.81. The molecule has 0 saturated carbocycles. The van der Waals surface area contributed by atoms with Gasteiger partial charge in [-0.2, -0.15) is 0 Å². The Morgan fingerprint density at radius 3 is 2.65 bits per heavy atom. The third-order valence-corrected chi connectivity index (χ3v) is 4.07. The molecule has 1 amide bonds. The van der Waals surface area contributed by atoms with Gasteiger partial charge in [0.1, 0.15) is 0 Å². The molecule has 1 N–H and O–H groups in total. The van der Waals surface area contributed by atoms with E-state index in [2.05, 4.69) is 5.32 Å². The molecular weight excluding hydrogens is 290 g/mol. The number of hydrogen-bond acceptors (Lipinski definition) is 2. The second-order valence-corrected chi connectivity index (χ2v) is 5.93. The van der Waals surface area contributed by atoms with Gasteiger partial charge in [0.05, 0.1) is 11.8 Å². The standard InChI is InChI=1S/C16H16ClNOS/c1-12(13-6-3-2-4-7-13)18-16(19)11-20-15-9-5-8-14(17)10-15/h2-10,12H,11H2,1H3,(H,18,19). The molecule has 104 valence electrons. The van der Waals surface area contributed by atoms with Gasteiger partial charge in [0.2, 0.25) is 5.91 Å². The number of halogens is 1. The molecule has 0 aliphatic rings. The summed E-state index contributed by atoms with van der Waals surface area (Å²) in [5.74, 6) is 0.406. The fraction of sp³-hybridized carbons (Fsp3) is 0.188. The lowest BCUT2D eigenvalue weighted by Crippen LogP contribution is -2.28. The number of thioether (sulfide) groups is 1. The van der Waals surface area contributed by atoms with Gasteiger partial charge in [-0.3, -0.25) is 4.79 Å². The molecule has 20 heavy (non-hydrogen) atoms.